The highest BCUT2D eigenvalue weighted by Crippen LogP contribution is 2.27. The molecule has 1 aromatic heterocycles. The maximum absolute atomic E-state index is 13.6. The van der Waals surface area contributed by atoms with Gasteiger partial charge in [0.1, 0.15) is 5.69 Å². The largest absolute Gasteiger partial charge is 0.465 e. The summed E-state index contributed by atoms with van der Waals surface area (Å²) in [5.74, 6) is -2.96. The van der Waals surface area contributed by atoms with E-state index in [1.54, 1.807) is 0 Å². The maximum Gasteiger partial charge on any atom is 0.433 e. The van der Waals surface area contributed by atoms with Gasteiger partial charge in [0.05, 0.1) is 4.92 Å². The molecule has 3 amide bonds. The van der Waals surface area contributed by atoms with Crippen molar-refractivity contribution in [3.05, 3.63) is 69.3 Å². The first-order valence-electron chi connectivity index (χ1n) is 9.41. The fourth-order valence-corrected chi connectivity index (χ4v) is 2.76. The standard InChI is InChI=1S/C19H17F4N5O6/c20-13-8-11(2-4-14(13)28(33)34)17(30)27-26-16(29)6-3-12(25-18(31)32)7-10-1-5-15(24-9-10)19(21,22)23/h1-2,4-5,8-9,12,25H,3,6-7H2,(H,26,29)(H,27,30)(H,31,32)/t12-/m1/s1. The third-order valence-electron chi connectivity index (χ3n) is 4.37. The number of benzene rings is 1. The van der Waals surface area contributed by atoms with Gasteiger partial charge in [0.25, 0.3) is 5.91 Å². The number of amides is 3. The molecule has 1 atom stereocenters. The Morgan fingerprint density at radius 1 is 1.15 bits per heavy atom. The zero-order chi connectivity index (χ0) is 25.5. The molecular weight excluding hydrogens is 470 g/mol. The highest BCUT2D eigenvalue weighted by molar-refractivity contribution is 5.95. The van der Waals surface area contributed by atoms with Gasteiger partial charge in [-0.3, -0.25) is 35.5 Å². The second-order valence-corrected chi connectivity index (χ2v) is 6.86. The molecule has 182 valence electrons. The second-order valence-electron chi connectivity index (χ2n) is 6.86. The minimum absolute atomic E-state index is 0.0564. The van der Waals surface area contributed by atoms with E-state index in [0.717, 1.165) is 30.5 Å². The zero-order valence-corrected chi connectivity index (χ0v) is 17.1. The fourth-order valence-electron chi connectivity index (χ4n) is 2.76. The number of carboxylic acid groups (broad SMARTS) is 1. The van der Waals surface area contributed by atoms with Crippen LogP contribution in [-0.4, -0.2) is 39.0 Å². The molecular formula is C19H17F4N5O6. The number of hydrogen-bond donors (Lipinski definition) is 4. The molecule has 4 N–H and O–H groups in total. The van der Waals surface area contributed by atoms with Crippen molar-refractivity contribution in [3.63, 3.8) is 0 Å². The summed E-state index contributed by atoms with van der Waals surface area (Å²) in [6.07, 6.45) is -5.53. The van der Waals surface area contributed by atoms with Crippen molar-refractivity contribution < 1.29 is 42.0 Å². The van der Waals surface area contributed by atoms with E-state index in [1.165, 1.54) is 0 Å². The predicted octanol–water partition coefficient (Wildman–Crippen LogP) is 2.57. The third-order valence-corrected chi connectivity index (χ3v) is 4.37. The number of hydrazine groups is 1. The van der Waals surface area contributed by atoms with Crippen LogP contribution in [0, 0.1) is 15.9 Å². The number of halogens is 4. The van der Waals surface area contributed by atoms with E-state index in [9.17, 15) is 42.1 Å². The first kappa shape index (κ1) is 26.0. The maximum atomic E-state index is 13.6. The molecule has 0 bridgehead atoms. The minimum Gasteiger partial charge on any atom is -0.465 e. The number of aromatic nitrogens is 1. The number of nitro benzene ring substituents is 1. The molecule has 0 unspecified atom stereocenters. The molecule has 0 saturated carbocycles. The molecule has 0 spiro atoms. The van der Waals surface area contributed by atoms with Crippen LogP contribution >= 0.6 is 0 Å². The lowest BCUT2D eigenvalue weighted by molar-refractivity contribution is -0.387. The van der Waals surface area contributed by atoms with Gasteiger partial charge in [-0.1, -0.05) is 6.07 Å². The summed E-state index contributed by atoms with van der Waals surface area (Å²) in [4.78, 5) is 47.9. The molecule has 0 fully saturated rings. The molecule has 2 aromatic rings. The summed E-state index contributed by atoms with van der Waals surface area (Å²) in [6, 6.07) is 3.40. The minimum atomic E-state index is -4.62. The highest BCUT2D eigenvalue weighted by Gasteiger charge is 2.32. The van der Waals surface area contributed by atoms with Crippen LogP contribution in [0.3, 0.4) is 0 Å². The van der Waals surface area contributed by atoms with Crippen LogP contribution in [0.1, 0.15) is 34.5 Å². The van der Waals surface area contributed by atoms with E-state index in [0.29, 0.717) is 11.6 Å². The van der Waals surface area contributed by atoms with Crippen molar-refractivity contribution in [2.24, 2.45) is 0 Å². The number of nitro groups is 1. The van der Waals surface area contributed by atoms with Crippen LogP contribution in [0.2, 0.25) is 0 Å². The molecule has 15 heteroatoms. The average Bonchev–Trinajstić information content (AvgIpc) is 2.74. The van der Waals surface area contributed by atoms with Gasteiger partial charge in [-0.05, 0) is 36.6 Å². The van der Waals surface area contributed by atoms with Crippen LogP contribution < -0.4 is 16.2 Å². The van der Waals surface area contributed by atoms with Gasteiger partial charge < -0.3 is 10.4 Å². The number of hydrogen-bond acceptors (Lipinski definition) is 6. The molecule has 0 aliphatic heterocycles. The fraction of sp³-hybridized carbons (Fsp3) is 0.263. The smallest absolute Gasteiger partial charge is 0.433 e. The number of nitrogens with zero attached hydrogens (tertiary/aromatic N) is 2. The molecule has 0 aliphatic carbocycles. The van der Waals surface area contributed by atoms with Crippen molar-refractivity contribution in [2.75, 3.05) is 0 Å². The summed E-state index contributed by atoms with van der Waals surface area (Å²) in [5.41, 5.74) is 2.06. The van der Waals surface area contributed by atoms with Crippen molar-refractivity contribution in [1.82, 2.24) is 21.2 Å². The number of carbonyl (C=O) groups is 3. The summed E-state index contributed by atoms with van der Waals surface area (Å²) in [5, 5.41) is 21.7. The van der Waals surface area contributed by atoms with E-state index in [4.69, 9.17) is 5.11 Å². The molecule has 0 radical (unpaired) electrons. The van der Waals surface area contributed by atoms with Crippen LogP contribution in [0.25, 0.3) is 0 Å². The predicted molar refractivity (Wildman–Crippen MR) is 106 cm³/mol. The lowest BCUT2D eigenvalue weighted by atomic mass is 10.0. The normalized spacial score (nSPS) is 11.9. The third kappa shape index (κ3) is 7.68. The lowest BCUT2D eigenvalue weighted by Crippen LogP contribution is -2.43. The van der Waals surface area contributed by atoms with Crippen molar-refractivity contribution in [3.8, 4) is 0 Å². The van der Waals surface area contributed by atoms with Crippen LogP contribution in [-0.2, 0) is 17.4 Å². The zero-order valence-electron chi connectivity index (χ0n) is 17.1. The lowest BCUT2D eigenvalue weighted by Gasteiger charge is -2.17. The molecule has 2 rings (SSSR count). The first-order chi connectivity index (χ1) is 15.9. The van der Waals surface area contributed by atoms with E-state index < -0.39 is 52.2 Å². The molecule has 1 heterocycles. The van der Waals surface area contributed by atoms with Crippen LogP contribution in [0.5, 0.6) is 0 Å². The van der Waals surface area contributed by atoms with Gasteiger partial charge in [0.15, 0.2) is 0 Å². The number of rotatable bonds is 8. The Kier molecular flexibility index (Phi) is 8.41. The molecule has 0 aliphatic rings. The Morgan fingerprint density at radius 3 is 2.38 bits per heavy atom. The number of alkyl halides is 3. The van der Waals surface area contributed by atoms with Crippen LogP contribution in [0.4, 0.5) is 28.0 Å². The van der Waals surface area contributed by atoms with Gasteiger partial charge in [-0.15, -0.1) is 0 Å². The van der Waals surface area contributed by atoms with E-state index in [2.05, 4.69) is 10.3 Å². The summed E-state index contributed by atoms with van der Waals surface area (Å²) < 4.78 is 51.4. The second kappa shape index (κ2) is 11.0. The Hall–Kier alpha value is -4.30. The van der Waals surface area contributed by atoms with Gasteiger partial charge in [0.2, 0.25) is 11.7 Å². The summed E-state index contributed by atoms with van der Waals surface area (Å²) in [7, 11) is 0. The monoisotopic (exact) mass is 487 g/mol. The Morgan fingerprint density at radius 2 is 1.85 bits per heavy atom. The number of carbonyl (C=O) groups excluding carboxylic acids is 2. The molecule has 11 nitrogen and oxygen atoms in total. The first-order valence-corrected chi connectivity index (χ1v) is 9.41. The highest BCUT2D eigenvalue weighted by atomic mass is 19.4. The summed E-state index contributed by atoms with van der Waals surface area (Å²) in [6.45, 7) is 0. The quantitative estimate of drug-likeness (QED) is 0.253. The number of nitrogens with one attached hydrogen (secondary N) is 3. The van der Waals surface area contributed by atoms with Crippen molar-refractivity contribution >= 4 is 23.6 Å². The van der Waals surface area contributed by atoms with Crippen LogP contribution in [0.15, 0.2) is 36.5 Å². The Balaban J connectivity index is 1.90. The van der Waals surface area contributed by atoms with E-state index in [-0.39, 0.29) is 24.8 Å². The topological polar surface area (TPSA) is 164 Å². The average molecular weight is 487 g/mol. The van der Waals surface area contributed by atoms with Gasteiger partial charge in [-0.2, -0.15) is 17.6 Å². The SMILES string of the molecule is O=C(O)N[C@H](CCC(=O)NNC(=O)c1ccc([N+](=O)[O-])c(F)c1)Cc1ccc(C(F)(F)F)nc1. The summed E-state index contributed by atoms with van der Waals surface area (Å²) >= 11 is 0. The van der Waals surface area contributed by atoms with Crippen molar-refractivity contribution in [2.45, 2.75) is 31.5 Å². The molecule has 1 aromatic carbocycles. The van der Waals surface area contributed by atoms with E-state index in [1.807, 2.05) is 10.9 Å². The van der Waals surface area contributed by atoms with Gasteiger partial charge in [-0.25, -0.2) is 4.79 Å². The van der Waals surface area contributed by atoms with Gasteiger partial charge in [0, 0.05) is 30.3 Å². The van der Waals surface area contributed by atoms with Crippen molar-refractivity contribution in [1.29, 1.82) is 0 Å². The Bertz CT molecular complexity index is 1080. The molecule has 0 saturated heterocycles. The number of pyridine rings is 1. The Labute approximate surface area is 188 Å². The van der Waals surface area contributed by atoms with Gasteiger partial charge >= 0.3 is 18.0 Å². The molecule has 34 heavy (non-hydrogen) atoms. The van der Waals surface area contributed by atoms with E-state index >= 15 is 0 Å².